The lowest BCUT2D eigenvalue weighted by molar-refractivity contribution is -0.143. The van der Waals surface area contributed by atoms with E-state index in [1.807, 2.05) is 48.5 Å². The molecular weight excluding hydrogens is 497 g/mol. The van der Waals surface area contributed by atoms with Crippen LogP contribution in [-0.2, 0) is 26.9 Å². The highest BCUT2D eigenvalue weighted by atomic mass is 19.4. The molecule has 3 aromatic rings. The van der Waals surface area contributed by atoms with Crippen LogP contribution >= 0.6 is 0 Å². The van der Waals surface area contributed by atoms with Gasteiger partial charge in [0.1, 0.15) is 29.8 Å². The predicted octanol–water partition coefficient (Wildman–Crippen LogP) is 6.00. The van der Waals surface area contributed by atoms with Crippen molar-refractivity contribution in [3.63, 3.8) is 0 Å². The van der Waals surface area contributed by atoms with E-state index in [0.29, 0.717) is 12.1 Å². The maximum atomic E-state index is 13.9. The fourth-order valence-corrected chi connectivity index (χ4v) is 4.53. The molecule has 4 rings (SSSR count). The smallest absolute Gasteiger partial charge is 0.422 e. The van der Waals surface area contributed by atoms with E-state index < -0.39 is 41.5 Å². The van der Waals surface area contributed by atoms with Crippen LogP contribution in [0.2, 0.25) is 0 Å². The molecule has 1 atom stereocenters. The van der Waals surface area contributed by atoms with Gasteiger partial charge >= 0.3 is 18.2 Å². The fraction of sp³-hybridized carbons (Fsp3) is 0.259. The highest BCUT2D eigenvalue weighted by molar-refractivity contribution is 5.82. The van der Waals surface area contributed by atoms with E-state index in [0.717, 1.165) is 29.4 Å². The molecule has 0 aromatic heterocycles. The van der Waals surface area contributed by atoms with Crippen molar-refractivity contribution < 1.29 is 41.0 Å². The van der Waals surface area contributed by atoms with Gasteiger partial charge in [-0.3, -0.25) is 0 Å². The highest BCUT2D eigenvalue weighted by Gasteiger charge is 2.38. The van der Waals surface area contributed by atoms with E-state index in [4.69, 9.17) is 4.74 Å². The van der Waals surface area contributed by atoms with Crippen LogP contribution < -0.4 is 5.32 Å². The number of fused-ring (bicyclic) bond motifs is 3. The summed E-state index contributed by atoms with van der Waals surface area (Å²) < 4.78 is 76.2. The second-order valence-electron chi connectivity index (χ2n) is 8.52. The molecule has 10 heteroatoms. The Kier molecular flexibility index (Phi) is 7.47. The van der Waals surface area contributed by atoms with Gasteiger partial charge in [-0.2, -0.15) is 13.2 Å². The zero-order chi connectivity index (χ0) is 26.7. The summed E-state index contributed by atoms with van der Waals surface area (Å²) in [4.78, 5) is 24.7. The number of alkyl halides is 3. The second kappa shape index (κ2) is 10.6. The quantitative estimate of drug-likeness (QED) is 0.307. The number of aryl methyl sites for hydroxylation is 1. The molecule has 0 spiro atoms. The average Bonchev–Trinajstić information content (AvgIpc) is 3.17. The summed E-state index contributed by atoms with van der Waals surface area (Å²) in [7, 11) is 1.09. The van der Waals surface area contributed by atoms with Crippen LogP contribution in [0.5, 0.6) is 0 Å². The molecule has 3 aromatic carbocycles. The molecule has 0 saturated carbocycles. The Hall–Kier alpha value is -3.95. The zero-order valence-electron chi connectivity index (χ0n) is 19.6. The number of halogens is 5. The van der Waals surface area contributed by atoms with E-state index in [2.05, 4.69) is 10.1 Å². The topological polar surface area (TPSA) is 64.6 Å². The number of benzene rings is 3. The fourth-order valence-electron chi connectivity index (χ4n) is 4.53. The molecule has 0 bridgehead atoms. The number of esters is 1. The van der Waals surface area contributed by atoms with Gasteiger partial charge in [0.05, 0.1) is 7.11 Å². The molecule has 1 amide bonds. The summed E-state index contributed by atoms with van der Waals surface area (Å²) in [5.74, 6) is -4.59. The maximum absolute atomic E-state index is 13.9. The van der Waals surface area contributed by atoms with Gasteiger partial charge in [0.25, 0.3) is 0 Å². The summed E-state index contributed by atoms with van der Waals surface area (Å²) in [6.45, 7) is -0.0108. The third-order valence-corrected chi connectivity index (χ3v) is 6.23. The molecule has 1 aliphatic carbocycles. The van der Waals surface area contributed by atoms with Crippen LogP contribution in [0.1, 0.15) is 34.6 Å². The zero-order valence-corrected chi connectivity index (χ0v) is 19.6. The van der Waals surface area contributed by atoms with Crippen molar-refractivity contribution in [3.8, 4) is 11.1 Å². The monoisotopic (exact) mass is 519 g/mol. The largest absolute Gasteiger partial charge is 0.467 e. The molecule has 1 unspecified atom stereocenters. The molecule has 1 aliphatic rings. The van der Waals surface area contributed by atoms with Crippen molar-refractivity contribution in [2.75, 3.05) is 13.7 Å². The Balaban J connectivity index is 1.41. The minimum absolute atomic E-state index is 0.0108. The lowest BCUT2D eigenvalue weighted by Gasteiger charge is -2.19. The van der Waals surface area contributed by atoms with Gasteiger partial charge in [-0.05, 0) is 52.8 Å². The molecule has 0 saturated heterocycles. The first-order valence-electron chi connectivity index (χ1n) is 11.3. The average molecular weight is 519 g/mol. The van der Waals surface area contributed by atoms with E-state index in [1.54, 1.807) is 0 Å². The predicted molar refractivity (Wildman–Crippen MR) is 124 cm³/mol. The molecule has 0 fully saturated rings. The number of amides is 1. The van der Waals surface area contributed by atoms with Gasteiger partial charge < -0.3 is 14.8 Å². The first kappa shape index (κ1) is 26.1. The number of methoxy groups -OCH3 is 1. The summed E-state index contributed by atoms with van der Waals surface area (Å²) in [5, 5.41) is 2.37. The van der Waals surface area contributed by atoms with Crippen molar-refractivity contribution in [1.82, 2.24) is 5.32 Å². The van der Waals surface area contributed by atoms with Crippen LogP contribution in [0.15, 0.2) is 60.7 Å². The third-order valence-electron chi connectivity index (χ3n) is 6.23. The molecular formula is C27H22F5NO4. The lowest BCUT2D eigenvalue weighted by Crippen LogP contribution is -2.42. The maximum Gasteiger partial charge on any atom is 0.422 e. The Labute approximate surface area is 209 Å². The van der Waals surface area contributed by atoms with Crippen LogP contribution in [0.25, 0.3) is 11.1 Å². The molecule has 5 nitrogen and oxygen atoms in total. The first-order valence-corrected chi connectivity index (χ1v) is 11.3. The lowest BCUT2D eigenvalue weighted by atomic mass is 9.98. The summed E-state index contributed by atoms with van der Waals surface area (Å²) in [5.41, 5.74) is 1.95. The summed E-state index contributed by atoms with van der Waals surface area (Å²) in [6, 6.07) is 15.3. The number of hydrogen-bond donors (Lipinski definition) is 1. The van der Waals surface area contributed by atoms with E-state index in [1.165, 1.54) is 0 Å². The summed E-state index contributed by atoms with van der Waals surface area (Å²) in [6.07, 6.45) is -6.51. The number of rotatable bonds is 7. The number of nitrogens with one attached hydrogen (secondary N) is 1. The number of alkyl carbamates (subject to hydrolysis) is 1. The Morgan fingerprint density at radius 3 is 2.00 bits per heavy atom. The van der Waals surface area contributed by atoms with Crippen LogP contribution in [0, 0.1) is 11.6 Å². The van der Waals surface area contributed by atoms with Crippen molar-refractivity contribution >= 4 is 12.1 Å². The van der Waals surface area contributed by atoms with Crippen LogP contribution in [-0.4, -0.2) is 31.8 Å². The van der Waals surface area contributed by atoms with Crippen molar-refractivity contribution in [3.05, 3.63) is 94.6 Å². The molecule has 37 heavy (non-hydrogen) atoms. The molecule has 194 valence electrons. The number of ether oxygens (including phenoxy) is 2. The second-order valence-corrected chi connectivity index (χ2v) is 8.52. The number of hydrogen-bond acceptors (Lipinski definition) is 4. The molecule has 0 heterocycles. The van der Waals surface area contributed by atoms with Crippen LogP contribution in [0.3, 0.4) is 0 Å². The standard InChI is InChI=1S/C27H22F5NO4/c1-36-25(34)23(11-10-15-12-21(28)24(22(29)13-15)27(30,31)32)33-26(35)37-14-20-18-8-4-2-6-16(18)17-7-3-5-9-19(17)20/h2-9,12-13,20,23H,10-11,14H2,1H3,(H,33,35). The Morgan fingerprint density at radius 2 is 1.49 bits per heavy atom. The summed E-state index contributed by atoms with van der Waals surface area (Å²) >= 11 is 0. The van der Waals surface area contributed by atoms with E-state index >= 15 is 0 Å². The van der Waals surface area contributed by atoms with Gasteiger partial charge in [-0.15, -0.1) is 0 Å². The number of carbonyl (C=O) groups excluding carboxylic acids is 2. The van der Waals surface area contributed by atoms with Gasteiger partial charge in [-0.1, -0.05) is 48.5 Å². The first-order chi connectivity index (χ1) is 17.6. The van der Waals surface area contributed by atoms with Crippen LogP contribution in [0.4, 0.5) is 26.7 Å². The van der Waals surface area contributed by atoms with Crippen molar-refractivity contribution in [2.45, 2.75) is 31.0 Å². The Bertz CT molecular complexity index is 1260. The highest BCUT2D eigenvalue weighted by Crippen LogP contribution is 2.44. The molecule has 0 aliphatic heterocycles. The van der Waals surface area contributed by atoms with Gasteiger partial charge in [0.2, 0.25) is 0 Å². The van der Waals surface area contributed by atoms with Gasteiger partial charge in [0, 0.05) is 5.92 Å². The van der Waals surface area contributed by atoms with Gasteiger partial charge in [-0.25, -0.2) is 18.4 Å². The van der Waals surface area contributed by atoms with Gasteiger partial charge in [0.15, 0.2) is 0 Å². The van der Waals surface area contributed by atoms with Crippen molar-refractivity contribution in [1.29, 1.82) is 0 Å². The number of carbonyl (C=O) groups is 2. The van der Waals surface area contributed by atoms with Crippen molar-refractivity contribution in [2.24, 2.45) is 0 Å². The minimum atomic E-state index is -5.19. The Morgan fingerprint density at radius 1 is 0.946 bits per heavy atom. The molecule has 1 N–H and O–H groups in total. The van der Waals surface area contributed by atoms with E-state index in [9.17, 15) is 31.5 Å². The normalized spacial score (nSPS) is 13.5. The SMILES string of the molecule is COC(=O)C(CCc1cc(F)c(C(F)(F)F)c(F)c1)NC(=O)OCC1c2ccccc2-c2ccccc21. The minimum Gasteiger partial charge on any atom is -0.467 e. The molecule has 0 radical (unpaired) electrons. The van der Waals surface area contributed by atoms with E-state index in [-0.39, 0.29) is 30.9 Å². The third kappa shape index (κ3) is 5.58.